The van der Waals surface area contributed by atoms with Crippen molar-refractivity contribution < 1.29 is 9.90 Å². The number of aromatic hydroxyl groups is 1. The SMILES string of the molecule is O=CN(Cc1ccccc1)c1ccccc1O. The first-order valence-corrected chi connectivity index (χ1v) is 5.35. The van der Waals surface area contributed by atoms with Crippen molar-refractivity contribution in [1.82, 2.24) is 0 Å². The summed E-state index contributed by atoms with van der Waals surface area (Å²) >= 11 is 0. The Kier molecular flexibility index (Phi) is 3.40. The van der Waals surface area contributed by atoms with Gasteiger partial charge in [-0.3, -0.25) is 4.79 Å². The Balaban J connectivity index is 2.24. The largest absolute Gasteiger partial charge is 0.506 e. The van der Waals surface area contributed by atoms with Crippen LogP contribution in [0.1, 0.15) is 5.56 Å². The van der Waals surface area contributed by atoms with Gasteiger partial charge in [0, 0.05) is 0 Å². The monoisotopic (exact) mass is 227 g/mol. The molecule has 17 heavy (non-hydrogen) atoms. The summed E-state index contributed by atoms with van der Waals surface area (Å²) in [5.74, 6) is 0.107. The number of nitrogens with zero attached hydrogens (tertiary/aromatic N) is 1. The number of anilines is 1. The fourth-order valence-corrected chi connectivity index (χ4v) is 1.67. The number of para-hydroxylation sites is 2. The predicted octanol–water partition coefficient (Wildman–Crippen LogP) is 2.56. The molecule has 86 valence electrons. The number of amides is 1. The van der Waals surface area contributed by atoms with E-state index >= 15 is 0 Å². The van der Waals surface area contributed by atoms with E-state index in [1.165, 1.54) is 4.90 Å². The smallest absolute Gasteiger partial charge is 0.214 e. The summed E-state index contributed by atoms with van der Waals surface area (Å²) in [6.45, 7) is 0.446. The number of phenolic OH excluding ortho intramolecular Hbond substituents is 1. The normalized spacial score (nSPS) is 9.88. The molecule has 0 unspecified atom stereocenters. The maximum atomic E-state index is 11.1. The van der Waals surface area contributed by atoms with E-state index in [1.54, 1.807) is 24.3 Å². The minimum atomic E-state index is 0.107. The van der Waals surface area contributed by atoms with Gasteiger partial charge in [0.05, 0.1) is 12.2 Å². The molecule has 0 aliphatic carbocycles. The van der Waals surface area contributed by atoms with Crippen LogP contribution >= 0.6 is 0 Å². The van der Waals surface area contributed by atoms with Crippen LogP contribution in [0.2, 0.25) is 0 Å². The van der Waals surface area contributed by atoms with Gasteiger partial charge in [0.15, 0.2) is 0 Å². The van der Waals surface area contributed by atoms with Gasteiger partial charge in [0.25, 0.3) is 0 Å². The molecule has 2 aromatic carbocycles. The number of hydrogen-bond acceptors (Lipinski definition) is 2. The summed E-state index contributed by atoms with van der Waals surface area (Å²) in [6, 6.07) is 16.4. The van der Waals surface area contributed by atoms with E-state index in [-0.39, 0.29) is 5.75 Å². The topological polar surface area (TPSA) is 40.5 Å². The Morgan fingerprint density at radius 3 is 2.29 bits per heavy atom. The maximum absolute atomic E-state index is 11.1. The van der Waals surface area contributed by atoms with Crippen LogP contribution in [0.4, 0.5) is 5.69 Å². The molecular weight excluding hydrogens is 214 g/mol. The molecule has 0 saturated carbocycles. The van der Waals surface area contributed by atoms with Crippen molar-refractivity contribution in [3.8, 4) is 5.75 Å². The molecule has 0 aromatic heterocycles. The third-order valence-electron chi connectivity index (χ3n) is 2.51. The summed E-state index contributed by atoms with van der Waals surface area (Å²) in [5.41, 5.74) is 1.54. The second-order valence-electron chi connectivity index (χ2n) is 3.71. The highest BCUT2D eigenvalue weighted by Gasteiger charge is 2.09. The van der Waals surface area contributed by atoms with Crippen LogP contribution in [0.5, 0.6) is 5.75 Å². The van der Waals surface area contributed by atoms with Crippen molar-refractivity contribution in [3.63, 3.8) is 0 Å². The first-order chi connectivity index (χ1) is 8.31. The third-order valence-corrected chi connectivity index (χ3v) is 2.51. The minimum absolute atomic E-state index is 0.107. The van der Waals surface area contributed by atoms with Crippen molar-refractivity contribution in [2.75, 3.05) is 4.90 Å². The first kappa shape index (κ1) is 11.2. The summed E-state index contributed by atoms with van der Waals surface area (Å²) in [5, 5.41) is 9.69. The van der Waals surface area contributed by atoms with Gasteiger partial charge in [0.1, 0.15) is 5.75 Å². The lowest BCUT2D eigenvalue weighted by atomic mass is 10.2. The Bertz CT molecular complexity index is 497. The van der Waals surface area contributed by atoms with Gasteiger partial charge in [-0.2, -0.15) is 0 Å². The Morgan fingerprint density at radius 2 is 1.65 bits per heavy atom. The quantitative estimate of drug-likeness (QED) is 0.815. The standard InChI is InChI=1S/C14H13NO2/c16-11-15(10-12-6-2-1-3-7-12)13-8-4-5-9-14(13)17/h1-9,11,17H,10H2. The molecule has 0 bridgehead atoms. The summed E-state index contributed by atoms with van der Waals surface area (Å²) < 4.78 is 0. The third kappa shape index (κ3) is 2.64. The van der Waals surface area contributed by atoms with Crippen molar-refractivity contribution >= 4 is 12.1 Å². The zero-order chi connectivity index (χ0) is 12.1. The molecule has 3 nitrogen and oxygen atoms in total. The van der Waals surface area contributed by atoms with Crippen LogP contribution in [0.3, 0.4) is 0 Å². The zero-order valence-electron chi connectivity index (χ0n) is 9.28. The highest BCUT2D eigenvalue weighted by Crippen LogP contribution is 2.26. The second kappa shape index (κ2) is 5.16. The van der Waals surface area contributed by atoms with Crippen LogP contribution < -0.4 is 4.90 Å². The van der Waals surface area contributed by atoms with Crippen molar-refractivity contribution in [1.29, 1.82) is 0 Å². The van der Waals surface area contributed by atoms with E-state index in [9.17, 15) is 9.90 Å². The summed E-state index contributed by atoms with van der Waals surface area (Å²) in [6.07, 6.45) is 0.724. The number of carbonyl (C=O) groups is 1. The van der Waals surface area contributed by atoms with Gasteiger partial charge in [-0.05, 0) is 17.7 Å². The Morgan fingerprint density at radius 1 is 1.00 bits per heavy atom. The van der Waals surface area contributed by atoms with Gasteiger partial charge in [-0.1, -0.05) is 42.5 Å². The summed E-state index contributed by atoms with van der Waals surface area (Å²) in [4.78, 5) is 12.6. The number of hydrogen-bond donors (Lipinski definition) is 1. The lowest BCUT2D eigenvalue weighted by Gasteiger charge is -2.18. The van der Waals surface area contributed by atoms with Gasteiger partial charge < -0.3 is 10.0 Å². The lowest BCUT2D eigenvalue weighted by Crippen LogP contribution is -2.20. The van der Waals surface area contributed by atoms with Crippen molar-refractivity contribution in [3.05, 3.63) is 60.2 Å². The average molecular weight is 227 g/mol. The van der Waals surface area contributed by atoms with Gasteiger partial charge in [-0.25, -0.2) is 0 Å². The number of rotatable bonds is 4. The van der Waals surface area contributed by atoms with Gasteiger partial charge in [0.2, 0.25) is 6.41 Å². The van der Waals surface area contributed by atoms with Crippen molar-refractivity contribution in [2.45, 2.75) is 6.54 Å². The van der Waals surface area contributed by atoms with Crippen molar-refractivity contribution in [2.24, 2.45) is 0 Å². The van der Waals surface area contributed by atoms with Crippen LogP contribution in [0.25, 0.3) is 0 Å². The summed E-state index contributed by atoms with van der Waals surface area (Å²) in [7, 11) is 0. The minimum Gasteiger partial charge on any atom is -0.506 e. The maximum Gasteiger partial charge on any atom is 0.214 e. The van der Waals surface area contributed by atoms with E-state index in [1.807, 2.05) is 30.3 Å². The number of carbonyl (C=O) groups excluding carboxylic acids is 1. The van der Waals surface area contributed by atoms with E-state index in [0.29, 0.717) is 12.2 Å². The molecule has 1 N–H and O–H groups in total. The number of phenols is 1. The molecule has 0 fully saturated rings. The molecule has 2 aromatic rings. The number of benzene rings is 2. The highest BCUT2D eigenvalue weighted by molar-refractivity contribution is 5.78. The predicted molar refractivity (Wildman–Crippen MR) is 66.8 cm³/mol. The van der Waals surface area contributed by atoms with Crippen LogP contribution in [-0.4, -0.2) is 11.5 Å². The zero-order valence-corrected chi connectivity index (χ0v) is 9.28. The van der Waals surface area contributed by atoms with Gasteiger partial charge in [-0.15, -0.1) is 0 Å². The molecule has 2 rings (SSSR count). The molecule has 0 aliphatic heterocycles. The Labute approximate surface area is 99.9 Å². The molecule has 0 saturated heterocycles. The molecule has 0 radical (unpaired) electrons. The lowest BCUT2D eigenvalue weighted by molar-refractivity contribution is -0.107. The second-order valence-corrected chi connectivity index (χ2v) is 3.71. The fourth-order valence-electron chi connectivity index (χ4n) is 1.67. The fraction of sp³-hybridized carbons (Fsp3) is 0.0714. The van der Waals surface area contributed by atoms with Crippen LogP contribution in [0.15, 0.2) is 54.6 Å². The first-order valence-electron chi connectivity index (χ1n) is 5.35. The van der Waals surface area contributed by atoms with Crippen LogP contribution in [0, 0.1) is 0 Å². The van der Waals surface area contributed by atoms with Crippen LogP contribution in [-0.2, 0) is 11.3 Å². The molecule has 0 aliphatic rings. The van der Waals surface area contributed by atoms with E-state index < -0.39 is 0 Å². The molecule has 1 amide bonds. The van der Waals surface area contributed by atoms with E-state index in [4.69, 9.17) is 0 Å². The van der Waals surface area contributed by atoms with E-state index in [2.05, 4.69) is 0 Å². The highest BCUT2D eigenvalue weighted by atomic mass is 16.3. The van der Waals surface area contributed by atoms with E-state index in [0.717, 1.165) is 12.0 Å². The molecule has 0 atom stereocenters. The molecule has 0 heterocycles. The average Bonchev–Trinajstić information content (AvgIpc) is 2.38. The van der Waals surface area contributed by atoms with Gasteiger partial charge >= 0.3 is 0 Å². The molecular formula is C14H13NO2. The Hall–Kier alpha value is -2.29. The molecule has 3 heteroatoms. The molecule has 0 spiro atoms.